The fourth-order valence-electron chi connectivity index (χ4n) is 2.04. The molecule has 0 bridgehead atoms. The maximum Gasteiger partial charge on any atom is 0.120 e. The van der Waals surface area contributed by atoms with Crippen LogP contribution in [0.15, 0.2) is 30.5 Å². The molecule has 0 N–H and O–H groups in total. The Bertz CT molecular complexity index is 485. The Morgan fingerprint density at radius 3 is 2.76 bits per heavy atom. The largest absolute Gasteiger partial charge is 0.494 e. The maximum absolute atomic E-state index is 5.64. The van der Waals surface area contributed by atoms with Crippen LogP contribution >= 0.6 is 0 Å². The molecule has 2 rings (SSSR count). The fraction of sp³-hybridized carbons (Fsp3) is 0.467. The van der Waals surface area contributed by atoms with Crippen LogP contribution in [0.2, 0.25) is 0 Å². The van der Waals surface area contributed by atoms with Crippen LogP contribution in [0.5, 0.6) is 5.75 Å². The van der Waals surface area contributed by atoms with E-state index in [0.717, 1.165) is 25.3 Å². The van der Waals surface area contributed by atoms with E-state index in [1.54, 1.807) is 0 Å². The molecule has 0 amide bonds. The van der Waals surface area contributed by atoms with E-state index in [0.29, 0.717) is 5.92 Å². The lowest BCUT2D eigenvalue weighted by atomic mass is 10.2. The van der Waals surface area contributed by atoms with Gasteiger partial charge in [0, 0.05) is 23.6 Å². The van der Waals surface area contributed by atoms with E-state index in [-0.39, 0.29) is 0 Å². The van der Waals surface area contributed by atoms with Crippen LogP contribution in [0.1, 0.15) is 27.2 Å². The zero-order chi connectivity index (χ0) is 12.3. The minimum atomic E-state index is 0.668. The summed E-state index contributed by atoms with van der Waals surface area (Å²) in [6.45, 7) is 8.46. The Balaban J connectivity index is 2.25. The van der Waals surface area contributed by atoms with Crippen LogP contribution in [0, 0.1) is 5.92 Å². The lowest BCUT2D eigenvalue weighted by molar-refractivity contribution is 0.318. The molecule has 1 aromatic carbocycles. The van der Waals surface area contributed by atoms with Crippen LogP contribution in [0.3, 0.4) is 0 Å². The summed E-state index contributed by atoms with van der Waals surface area (Å²) in [6, 6.07) is 8.51. The lowest BCUT2D eigenvalue weighted by Crippen LogP contribution is -2.02. The first kappa shape index (κ1) is 12.0. The van der Waals surface area contributed by atoms with Crippen LogP contribution in [0.4, 0.5) is 0 Å². The normalized spacial score (nSPS) is 11.3. The molecule has 17 heavy (non-hydrogen) atoms. The molecular formula is C15H21NO. The summed E-state index contributed by atoms with van der Waals surface area (Å²) < 4.78 is 7.95. The minimum Gasteiger partial charge on any atom is -0.494 e. The summed E-state index contributed by atoms with van der Waals surface area (Å²) in [5, 5.41) is 1.26. The van der Waals surface area contributed by atoms with Crippen LogP contribution in [-0.2, 0) is 6.54 Å². The number of aromatic nitrogens is 1. The van der Waals surface area contributed by atoms with Gasteiger partial charge in [0.15, 0.2) is 0 Å². The second-order valence-electron chi connectivity index (χ2n) is 4.93. The smallest absolute Gasteiger partial charge is 0.120 e. The van der Waals surface area contributed by atoms with Crippen LogP contribution in [-0.4, -0.2) is 11.2 Å². The van der Waals surface area contributed by atoms with Gasteiger partial charge in [0.2, 0.25) is 0 Å². The van der Waals surface area contributed by atoms with Crippen molar-refractivity contribution in [2.45, 2.75) is 33.7 Å². The summed E-state index contributed by atoms with van der Waals surface area (Å²) in [4.78, 5) is 0. The van der Waals surface area contributed by atoms with Crippen molar-refractivity contribution in [3.8, 4) is 5.75 Å². The first-order chi connectivity index (χ1) is 8.20. The molecule has 0 unspecified atom stereocenters. The molecule has 0 spiro atoms. The summed E-state index contributed by atoms with van der Waals surface area (Å²) in [6.07, 6.45) is 3.21. The minimum absolute atomic E-state index is 0.668. The van der Waals surface area contributed by atoms with E-state index in [4.69, 9.17) is 4.74 Å². The van der Waals surface area contributed by atoms with Gasteiger partial charge >= 0.3 is 0 Å². The molecular weight excluding hydrogens is 210 g/mol. The van der Waals surface area contributed by atoms with E-state index in [1.807, 2.05) is 0 Å². The third-order valence-corrected chi connectivity index (χ3v) is 2.78. The summed E-state index contributed by atoms with van der Waals surface area (Å²) in [5.74, 6) is 1.64. The van der Waals surface area contributed by atoms with Crippen LogP contribution in [0.25, 0.3) is 10.9 Å². The molecule has 1 aromatic heterocycles. The Hall–Kier alpha value is -1.44. The van der Waals surface area contributed by atoms with Crippen molar-refractivity contribution in [1.82, 2.24) is 4.57 Å². The Labute approximate surface area is 103 Å². The Morgan fingerprint density at radius 1 is 1.24 bits per heavy atom. The van der Waals surface area contributed by atoms with Gasteiger partial charge in [-0.3, -0.25) is 0 Å². The molecule has 0 saturated heterocycles. The maximum atomic E-state index is 5.64. The third kappa shape index (κ3) is 2.82. The average molecular weight is 231 g/mol. The molecule has 0 saturated carbocycles. The third-order valence-electron chi connectivity index (χ3n) is 2.78. The highest BCUT2D eigenvalue weighted by Crippen LogP contribution is 2.22. The van der Waals surface area contributed by atoms with Gasteiger partial charge in [-0.25, -0.2) is 0 Å². The van der Waals surface area contributed by atoms with Gasteiger partial charge in [-0.05, 0) is 36.6 Å². The van der Waals surface area contributed by atoms with Crippen molar-refractivity contribution in [3.63, 3.8) is 0 Å². The highest BCUT2D eigenvalue weighted by atomic mass is 16.5. The molecule has 0 aliphatic carbocycles. The number of fused-ring (bicyclic) bond motifs is 1. The van der Waals surface area contributed by atoms with Gasteiger partial charge in [0.1, 0.15) is 5.75 Å². The molecule has 2 heteroatoms. The molecule has 2 aromatic rings. The predicted octanol–water partition coefficient (Wildman–Crippen LogP) is 4.09. The number of rotatable bonds is 5. The van der Waals surface area contributed by atoms with Crippen molar-refractivity contribution in [3.05, 3.63) is 30.5 Å². The van der Waals surface area contributed by atoms with Crippen molar-refractivity contribution in [2.24, 2.45) is 5.92 Å². The highest BCUT2D eigenvalue weighted by Gasteiger charge is 2.04. The molecule has 2 nitrogen and oxygen atoms in total. The number of hydrogen-bond acceptors (Lipinski definition) is 1. The first-order valence-electron chi connectivity index (χ1n) is 6.42. The van der Waals surface area contributed by atoms with Gasteiger partial charge < -0.3 is 9.30 Å². The molecule has 0 radical (unpaired) electrons. The van der Waals surface area contributed by atoms with Crippen molar-refractivity contribution < 1.29 is 4.74 Å². The molecule has 1 heterocycles. The molecule has 0 atom stereocenters. The zero-order valence-electron chi connectivity index (χ0n) is 10.9. The predicted molar refractivity (Wildman–Crippen MR) is 72.6 cm³/mol. The highest BCUT2D eigenvalue weighted by molar-refractivity contribution is 5.81. The SMILES string of the molecule is CCCOc1ccc2c(ccn2CC(C)C)c1. The van der Waals surface area contributed by atoms with E-state index in [9.17, 15) is 0 Å². The second kappa shape index (κ2) is 5.26. The van der Waals surface area contributed by atoms with Gasteiger partial charge in [0.25, 0.3) is 0 Å². The van der Waals surface area contributed by atoms with E-state index in [1.165, 1.54) is 10.9 Å². The number of hydrogen-bond donors (Lipinski definition) is 0. The number of nitrogens with zero attached hydrogens (tertiary/aromatic N) is 1. The van der Waals surface area contributed by atoms with Gasteiger partial charge in [-0.2, -0.15) is 0 Å². The fourth-order valence-corrected chi connectivity index (χ4v) is 2.04. The second-order valence-corrected chi connectivity index (χ2v) is 4.93. The van der Waals surface area contributed by atoms with Crippen molar-refractivity contribution in [2.75, 3.05) is 6.61 Å². The van der Waals surface area contributed by atoms with Gasteiger partial charge in [0.05, 0.1) is 6.61 Å². The first-order valence-corrected chi connectivity index (χ1v) is 6.42. The molecule has 0 fully saturated rings. The summed E-state index contributed by atoms with van der Waals surface area (Å²) >= 11 is 0. The van der Waals surface area contributed by atoms with E-state index >= 15 is 0 Å². The van der Waals surface area contributed by atoms with E-state index < -0.39 is 0 Å². The topological polar surface area (TPSA) is 14.2 Å². The summed E-state index contributed by atoms with van der Waals surface area (Å²) in [7, 11) is 0. The molecule has 0 aliphatic rings. The number of benzene rings is 1. The van der Waals surface area contributed by atoms with Gasteiger partial charge in [-0.15, -0.1) is 0 Å². The standard InChI is InChI=1S/C15H21NO/c1-4-9-17-14-5-6-15-13(10-14)7-8-16(15)11-12(2)3/h5-8,10,12H,4,9,11H2,1-3H3. The Kier molecular flexibility index (Phi) is 3.72. The van der Waals surface area contributed by atoms with Crippen LogP contribution < -0.4 is 4.74 Å². The van der Waals surface area contributed by atoms with E-state index in [2.05, 4.69) is 55.8 Å². The van der Waals surface area contributed by atoms with Crippen molar-refractivity contribution in [1.29, 1.82) is 0 Å². The average Bonchev–Trinajstić information content (AvgIpc) is 2.68. The van der Waals surface area contributed by atoms with Crippen molar-refractivity contribution >= 4 is 10.9 Å². The Morgan fingerprint density at radius 2 is 2.06 bits per heavy atom. The quantitative estimate of drug-likeness (QED) is 0.756. The number of ether oxygens (including phenoxy) is 1. The zero-order valence-corrected chi connectivity index (χ0v) is 10.9. The van der Waals surface area contributed by atoms with Gasteiger partial charge in [-0.1, -0.05) is 20.8 Å². The monoisotopic (exact) mass is 231 g/mol. The molecule has 92 valence electrons. The lowest BCUT2D eigenvalue weighted by Gasteiger charge is -2.09. The summed E-state index contributed by atoms with van der Waals surface area (Å²) in [5.41, 5.74) is 1.29. The molecule has 0 aliphatic heterocycles.